The van der Waals surface area contributed by atoms with Gasteiger partial charge in [0.1, 0.15) is 11.5 Å². The largest absolute Gasteiger partial charge is 0.373 e. The molecular weight excluding hydrogens is 276 g/mol. The average Bonchev–Trinajstić information content (AvgIpc) is 2.84. The van der Waals surface area contributed by atoms with Crippen molar-refractivity contribution < 1.29 is 4.79 Å². The van der Waals surface area contributed by atoms with E-state index >= 15 is 0 Å². The maximum atomic E-state index is 12.4. The molecule has 2 rings (SSSR count). The fourth-order valence-electron chi connectivity index (χ4n) is 2.56. The summed E-state index contributed by atoms with van der Waals surface area (Å²) in [7, 11) is 5.68. The third kappa shape index (κ3) is 3.41. The molecule has 0 spiro atoms. The lowest BCUT2D eigenvalue weighted by atomic mass is 10.1. The standard InChI is InChI=1S/C14H21ClN4O/c1-16-12-5-4-11(15)13(17-12)14(20)19(3)9-10-6-7-18(2)8-10/h4-5,10H,6-9H2,1-3H3,(H,16,17). The molecule has 1 aliphatic rings. The molecule has 110 valence electrons. The van der Waals surface area contributed by atoms with E-state index in [1.165, 1.54) is 0 Å². The van der Waals surface area contributed by atoms with E-state index in [2.05, 4.69) is 22.2 Å². The molecule has 6 heteroatoms. The first kappa shape index (κ1) is 15.1. The van der Waals surface area contributed by atoms with E-state index in [0.717, 1.165) is 26.1 Å². The van der Waals surface area contributed by atoms with Crippen LogP contribution in [0.3, 0.4) is 0 Å². The summed E-state index contributed by atoms with van der Waals surface area (Å²) in [6.07, 6.45) is 1.13. The van der Waals surface area contributed by atoms with E-state index in [9.17, 15) is 4.79 Å². The van der Waals surface area contributed by atoms with Crippen LogP contribution in [0.4, 0.5) is 5.82 Å². The Kier molecular flexibility index (Phi) is 4.83. The van der Waals surface area contributed by atoms with Crippen LogP contribution >= 0.6 is 11.6 Å². The molecule has 1 fully saturated rings. The van der Waals surface area contributed by atoms with Gasteiger partial charge >= 0.3 is 0 Å². The van der Waals surface area contributed by atoms with Gasteiger partial charge in [-0.05, 0) is 38.1 Å². The first-order valence-corrected chi connectivity index (χ1v) is 7.17. The Hall–Kier alpha value is -1.33. The summed E-state index contributed by atoms with van der Waals surface area (Å²) in [5.41, 5.74) is 0.312. The Morgan fingerprint density at radius 3 is 2.95 bits per heavy atom. The van der Waals surface area contributed by atoms with Crippen LogP contribution < -0.4 is 5.32 Å². The van der Waals surface area contributed by atoms with Gasteiger partial charge in [-0.1, -0.05) is 11.6 Å². The summed E-state index contributed by atoms with van der Waals surface area (Å²) in [5.74, 6) is 1.05. The van der Waals surface area contributed by atoms with E-state index in [4.69, 9.17) is 11.6 Å². The fraction of sp³-hybridized carbons (Fsp3) is 0.571. The number of pyridine rings is 1. The van der Waals surface area contributed by atoms with Crippen molar-refractivity contribution in [2.24, 2.45) is 5.92 Å². The minimum atomic E-state index is -0.123. The van der Waals surface area contributed by atoms with Gasteiger partial charge in [-0.25, -0.2) is 4.98 Å². The topological polar surface area (TPSA) is 48.5 Å². The van der Waals surface area contributed by atoms with Gasteiger partial charge in [0.05, 0.1) is 5.02 Å². The zero-order chi connectivity index (χ0) is 14.7. The molecule has 1 aromatic rings. The number of likely N-dealkylation sites (tertiary alicyclic amines) is 1. The molecule has 0 aliphatic carbocycles. The number of halogens is 1. The van der Waals surface area contributed by atoms with Gasteiger partial charge in [0.15, 0.2) is 0 Å². The van der Waals surface area contributed by atoms with Crippen LogP contribution in [0.1, 0.15) is 16.9 Å². The molecule has 0 aromatic carbocycles. The number of carbonyl (C=O) groups is 1. The highest BCUT2D eigenvalue weighted by atomic mass is 35.5. The van der Waals surface area contributed by atoms with Gasteiger partial charge in [0.2, 0.25) is 0 Å². The van der Waals surface area contributed by atoms with E-state index < -0.39 is 0 Å². The number of nitrogens with zero attached hydrogens (tertiary/aromatic N) is 3. The summed E-state index contributed by atoms with van der Waals surface area (Å²) >= 11 is 6.09. The van der Waals surface area contributed by atoms with Crippen molar-refractivity contribution in [1.82, 2.24) is 14.8 Å². The molecule has 0 radical (unpaired) electrons. The van der Waals surface area contributed by atoms with Crippen LogP contribution in [0.15, 0.2) is 12.1 Å². The van der Waals surface area contributed by atoms with Crippen LogP contribution in [0.5, 0.6) is 0 Å². The van der Waals surface area contributed by atoms with Gasteiger partial charge < -0.3 is 15.1 Å². The predicted octanol–water partition coefficient (Wildman–Crippen LogP) is 1.80. The first-order chi connectivity index (χ1) is 9.51. The summed E-state index contributed by atoms with van der Waals surface area (Å²) in [6.45, 7) is 2.88. The highest BCUT2D eigenvalue weighted by Crippen LogP contribution is 2.20. The van der Waals surface area contributed by atoms with E-state index in [1.807, 2.05) is 7.05 Å². The highest BCUT2D eigenvalue weighted by Gasteiger charge is 2.24. The molecule has 1 atom stereocenters. The van der Waals surface area contributed by atoms with Crippen molar-refractivity contribution in [2.75, 3.05) is 46.1 Å². The number of aromatic nitrogens is 1. The Balaban J connectivity index is 2.06. The van der Waals surface area contributed by atoms with Crippen molar-refractivity contribution in [2.45, 2.75) is 6.42 Å². The molecule has 1 unspecified atom stereocenters. The van der Waals surface area contributed by atoms with Crippen molar-refractivity contribution >= 4 is 23.3 Å². The van der Waals surface area contributed by atoms with Crippen LogP contribution in [0.2, 0.25) is 5.02 Å². The highest BCUT2D eigenvalue weighted by molar-refractivity contribution is 6.33. The van der Waals surface area contributed by atoms with Gasteiger partial charge in [-0.15, -0.1) is 0 Å². The van der Waals surface area contributed by atoms with Crippen molar-refractivity contribution in [3.8, 4) is 0 Å². The molecule has 0 saturated carbocycles. The molecule has 1 amide bonds. The number of rotatable bonds is 4. The van der Waals surface area contributed by atoms with E-state index in [-0.39, 0.29) is 5.91 Å². The maximum Gasteiger partial charge on any atom is 0.273 e. The second kappa shape index (κ2) is 6.41. The summed E-state index contributed by atoms with van der Waals surface area (Å²) in [5, 5.41) is 3.31. The second-order valence-corrected chi connectivity index (χ2v) is 5.79. The average molecular weight is 297 g/mol. The Morgan fingerprint density at radius 2 is 2.35 bits per heavy atom. The molecule has 1 aliphatic heterocycles. The summed E-state index contributed by atoms with van der Waals surface area (Å²) < 4.78 is 0. The van der Waals surface area contributed by atoms with Crippen LogP contribution in [0, 0.1) is 5.92 Å². The number of nitrogens with one attached hydrogen (secondary N) is 1. The number of anilines is 1. The SMILES string of the molecule is CNc1ccc(Cl)c(C(=O)N(C)CC2CCN(C)C2)n1. The minimum absolute atomic E-state index is 0.123. The Bertz CT molecular complexity index is 494. The fourth-order valence-corrected chi connectivity index (χ4v) is 2.74. The van der Waals surface area contributed by atoms with E-state index in [0.29, 0.717) is 22.5 Å². The predicted molar refractivity (Wildman–Crippen MR) is 81.4 cm³/mol. The molecule has 1 saturated heterocycles. The smallest absolute Gasteiger partial charge is 0.273 e. The van der Waals surface area contributed by atoms with Gasteiger partial charge in [-0.2, -0.15) is 0 Å². The monoisotopic (exact) mass is 296 g/mol. The second-order valence-electron chi connectivity index (χ2n) is 5.38. The Morgan fingerprint density at radius 1 is 1.60 bits per heavy atom. The van der Waals surface area contributed by atoms with Crippen molar-refractivity contribution in [1.29, 1.82) is 0 Å². The number of carbonyl (C=O) groups excluding carboxylic acids is 1. The van der Waals surface area contributed by atoms with Crippen LogP contribution in [0.25, 0.3) is 0 Å². The molecule has 20 heavy (non-hydrogen) atoms. The molecule has 0 bridgehead atoms. The normalized spacial score (nSPS) is 19.1. The minimum Gasteiger partial charge on any atom is -0.373 e. The molecule has 1 aromatic heterocycles. The molecule has 2 heterocycles. The van der Waals surface area contributed by atoms with Crippen LogP contribution in [-0.2, 0) is 0 Å². The summed E-state index contributed by atoms with van der Waals surface area (Å²) in [4.78, 5) is 20.7. The lowest BCUT2D eigenvalue weighted by molar-refractivity contribution is 0.0768. The van der Waals surface area contributed by atoms with Gasteiger partial charge in [-0.3, -0.25) is 4.79 Å². The number of hydrogen-bond acceptors (Lipinski definition) is 4. The van der Waals surface area contributed by atoms with Crippen molar-refractivity contribution in [3.05, 3.63) is 22.8 Å². The van der Waals surface area contributed by atoms with Gasteiger partial charge in [0, 0.05) is 27.2 Å². The Labute approximate surface area is 124 Å². The zero-order valence-corrected chi connectivity index (χ0v) is 12.9. The van der Waals surface area contributed by atoms with Gasteiger partial charge in [0.25, 0.3) is 5.91 Å². The molecule has 5 nitrogen and oxygen atoms in total. The zero-order valence-electron chi connectivity index (χ0n) is 12.2. The lowest BCUT2D eigenvalue weighted by Crippen LogP contribution is -2.33. The van der Waals surface area contributed by atoms with Crippen molar-refractivity contribution in [3.63, 3.8) is 0 Å². The third-order valence-electron chi connectivity index (χ3n) is 3.67. The first-order valence-electron chi connectivity index (χ1n) is 6.79. The van der Waals surface area contributed by atoms with E-state index in [1.54, 1.807) is 24.1 Å². The molecule has 1 N–H and O–H groups in total. The summed E-state index contributed by atoms with van der Waals surface area (Å²) in [6, 6.07) is 3.45. The maximum absolute atomic E-state index is 12.4. The molecular formula is C14H21ClN4O. The quantitative estimate of drug-likeness (QED) is 0.920. The third-order valence-corrected chi connectivity index (χ3v) is 3.98. The number of hydrogen-bond donors (Lipinski definition) is 1. The van der Waals surface area contributed by atoms with Crippen LogP contribution in [-0.4, -0.2) is 61.5 Å². The number of amides is 1. The lowest BCUT2D eigenvalue weighted by Gasteiger charge is -2.21.